The summed E-state index contributed by atoms with van der Waals surface area (Å²) in [5.74, 6) is -0.170. The van der Waals surface area contributed by atoms with Gasteiger partial charge in [-0.3, -0.25) is 4.79 Å². The van der Waals surface area contributed by atoms with Gasteiger partial charge in [-0.25, -0.2) is 0 Å². The Morgan fingerprint density at radius 2 is 1.74 bits per heavy atom. The van der Waals surface area contributed by atoms with Crippen LogP contribution in [0.4, 0.5) is 14.5 Å². The second kappa shape index (κ2) is 7.54. The molecule has 0 aliphatic rings. The Morgan fingerprint density at radius 1 is 1.09 bits per heavy atom. The molecule has 0 spiro atoms. The van der Waals surface area contributed by atoms with Crippen LogP contribution in [0, 0.1) is 0 Å². The summed E-state index contributed by atoms with van der Waals surface area (Å²) < 4.78 is 29.1. The molecule has 2 aromatic rings. The second-order valence-electron chi connectivity index (χ2n) is 5.06. The summed E-state index contributed by atoms with van der Waals surface area (Å²) in [4.78, 5) is 14.1. The van der Waals surface area contributed by atoms with E-state index in [9.17, 15) is 13.6 Å². The standard InChI is InChI=1S/C18H17F2NO2/c1-21(2)15-10-7-13(8-11-15)16(22)12-9-14-5-3-4-6-17(14)23-18(19)20/h3-12,18H,1-2H3/b12-9+. The van der Waals surface area contributed by atoms with Gasteiger partial charge < -0.3 is 9.64 Å². The lowest BCUT2D eigenvalue weighted by molar-refractivity contribution is -0.0499. The molecule has 0 radical (unpaired) electrons. The number of rotatable bonds is 6. The summed E-state index contributed by atoms with van der Waals surface area (Å²) in [6.07, 6.45) is 2.82. The molecule has 0 aliphatic carbocycles. The first-order valence-electron chi connectivity index (χ1n) is 7.01. The quantitative estimate of drug-likeness (QED) is 0.589. The van der Waals surface area contributed by atoms with Crippen molar-refractivity contribution >= 4 is 17.5 Å². The number of alkyl halides is 2. The first-order chi connectivity index (χ1) is 11.0. The van der Waals surface area contributed by atoms with E-state index < -0.39 is 6.61 Å². The van der Waals surface area contributed by atoms with Crippen LogP contribution in [0.15, 0.2) is 54.6 Å². The fourth-order valence-corrected chi connectivity index (χ4v) is 2.01. The van der Waals surface area contributed by atoms with Gasteiger partial charge in [0.15, 0.2) is 5.78 Å². The van der Waals surface area contributed by atoms with Crippen LogP contribution in [0.25, 0.3) is 6.08 Å². The Balaban J connectivity index is 2.15. The Kier molecular flexibility index (Phi) is 5.46. The van der Waals surface area contributed by atoms with Gasteiger partial charge in [0.05, 0.1) is 0 Å². The number of halogens is 2. The number of ether oxygens (including phenoxy) is 1. The lowest BCUT2D eigenvalue weighted by Crippen LogP contribution is -2.08. The van der Waals surface area contributed by atoms with Crippen molar-refractivity contribution in [2.45, 2.75) is 6.61 Å². The molecule has 0 fully saturated rings. The third-order valence-corrected chi connectivity index (χ3v) is 3.22. The van der Waals surface area contributed by atoms with Gasteiger partial charge in [0, 0.05) is 30.9 Å². The van der Waals surface area contributed by atoms with Crippen LogP contribution in [0.2, 0.25) is 0 Å². The Hall–Kier alpha value is -2.69. The van der Waals surface area contributed by atoms with Crippen molar-refractivity contribution in [1.29, 1.82) is 0 Å². The molecule has 2 rings (SSSR count). The molecule has 5 heteroatoms. The molecule has 0 saturated carbocycles. The smallest absolute Gasteiger partial charge is 0.387 e. The van der Waals surface area contributed by atoms with E-state index in [1.165, 1.54) is 18.2 Å². The van der Waals surface area contributed by atoms with Gasteiger partial charge in [-0.1, -0.05) is 18.2 Å². The minimum atomic E-state index is -2.90. The molecule has 2 aromatic carbocycles. The molecule has 0 saturated heterocycles. The first kappa shape index (κ1) is 16.7. The van der Waals surface area contributed by atoms with Crippen molar-refractivity contribution in [3.8, 4) is 5.75 Å². The molecule has 0 bridgehead atoms. The molecule has 0 aliphatic heterocycles. The maximum atomic E-state index is 12.4. The van der Waals surface area contributed by atoms with Crippen LogP contribution in [-0.2, 0) is 0 Å². The van der Waals surface area contributed by atoms with E-state index >= 15 is 0 Å². The molecular weight excluding hydrogens is 300 g/mol. The van der Waals surface area contributed by atoms with Gasteiger partial charge in [0.2, 0.25) is 0 Å². The van der Waals surface area contributed by atoms with Crippen molar-refractivity contribution in [2.24, 2.45) is 0 Å². The summed E-state index contributed by atoms with van der Waals surface area (Å²) in [7, 11) is 3.83. The SMILES string of the molecule is CN(C)c1ccc(C(=O)/C=C/c2ccccc2OC(F)F)cc1. The molecule has 0 heterocycles. The fourth-order valence-electron chi connectivity index (χ4n) is 2.01. The number of carbonyl (C=O) groups is 1. The highest BCUT2D eigenvalue weighted by Crippen LogP contribution is 2.22. The topological polar surface area (TPSA) is 29.5 Å². The van der Waals surface area contributed by atoms with Crippen molar-refractivity contribution in [3.05, 3.63) is 65.7 Å². The number of allylic oxidation sites excluding steroid dienone is 1. The number of para-hydroxylation sites is 1. The van der Waals surface area contributed by atoms with Crippen LogP contribution in [0.3, 0.4) is 0 Å². The summed E-state index contributed by atoms with van der Waals surface area (Å²) in [6, 6.07) is 13.5. The first-order valence-corrected chi connectivity index (χ1v) is 7.01. The van der Waals surface area contributed by atoms with E-state index in [4.69, 9.17) is 0 Å². The van der Waals surface area contributed by atoms with Crippen molar-refractivity contribution in [3.63, 3.8) is 0 Å². The molecule has 0 N–H and O–H groups in total. The van der Waals surface area contributed by atoms with Crippen LogP contribution < -0.4 is 9.64 Å². The highest BCUT2D eigenvalue weighted by Gasteiger charge is 2.08. The molecule has 0 unspecified atom stereocenters. The third kappa shape index (κ3) is 4.64. The van der Waals surface area contributed by atoms with E-state index in [0.29, 0.717) is 11.1 Å². The average molecular weight is 317 g/mol. The fraction of sp³-hybridized carbons (Fsp3) is 0.167. The van der Waals surface area contributed by atoms with E-state index in [2.05, 4.69) is 4.74 Å². The lowest BCUT2D eigenvalue weighted by Gasteiger charge is -2.12. The van der Waals surface area contributed by atoms with Crippen LogP contribution in [-0.4, -0.2) is 26.5 Å². The maximum Gasteiger partial charge on any atom is 0.387 e. The van der Waals surface area contributed by atoms with Gasteiger partial charge in [-0.15, -0.1) is 0 Å². The van der Waals surface area contributed by atoms with Gasteiger partial charge >= 0.3 is 6.61 Å². The van der Waals surface area contributed by atoms with Gasteiger partial charge in [0.1, 0.15) is 5.75 Å². The predicted octanol–water partition coefficient (Wildman–Crippen LogP) is 4.25. The maximum absolute atomic E-state index is 12.4. The molecule has 23 heavy (non-hydrogen) atoms. The Labute approximate surface area is 133 Å². The zero-order valence-electron chi connectivity index (χ0n) is 12.9. The minimum Gasteiger partial charge on any atom is -0.434 e. The number of anilines is 1. The van der Waals surface area contributed by atoms with Gasteiger partial charge in [-0.2, -0.15) is 8.78 Å². The summed E-state index contributed by atoms with van der Waals surface area (Å²) >= 11 is 0. The molecule has 120 valence electrons. The van der Waals surface area contributed by atoms with Gasteiger partial charge in [0.25, 0.3) is 0 Å². The molecule has 3 nitrogen and oxygen atoms in total. The number of carbonyl (C=O) groups excluding carboxylic acids is 1. The van der Waals surface area contributed by atoms with E-state index in [0.717, 1.165) is 5.69 Å². The van der Waals surface area contributed by atoms with Gasteiger partial charge in [-0.05, 0) is 42.5 Å². The second-order valence-corrected chi connectivity index (χ2v) is 5.06. The van der Waals surface area contributed by atoms with E-state index in [1.807, 2.05) is 31.1 Å². The zero-order valence-corrected chi connectivity index (χ0v) is 12.9. The molecular formula is C18H17F2NO2. The summed E-state index contributed by atoms with van der Waals surface area (Å²) in [6.45, 7) is -2.90. The monoisotopic (exact) mass is 317 g/mol. The van der Waals surface area contributed by atoms with Crippen molar-refractivity contribution < 1.29 is 18.3 Å². The van der Waals surface area contributed by atoms with Crippen molar-refractivity contribution in [1.82, 2.24) is 0 Å². The highest BCUT2D eigenvalue weighted by atomic mass is 19.3. The predicted molar refractivity (Wildman–Crippen MR) is 87.2 cm³/mol. The average Bonchev–Trinajstić information content (AvgIpc) is 2.53. The minimum absolute atomic E-state index is 0.0366. The highest BCUT2D eigenvalue weighted by molar-refractivity contribution is 6.07. The zero-order chi connectivity index (χ0) is 16.8. The summed E-state index contributed by atoms with van der Waals surface area (Å²) in [5, 5.41) is 0. The van der Waals surface area contributed by atoms with Crippen LogP contribution in [0.5, 0.6) is 5.75 Å². The van der Waals surface area contributed by atoms with Crippen LogP contribution in [0.1, 0.15) is 15.9 Å². The largest absolute Gasteiger partial charge is 0.434 e. The molecule has 0 amide bonds. The van der Waals surface area contributed by atoms with Crippen molar-refractivity contribution in [2.75, 3.05) is 19.0 Å². The summed E-state index contributed by atoms with van der Waals surface area (Å²) in [5.41, 5.74) is 1.94. The Morgan fingerprint density at radius 3 is 2.35 bits per heavy atom. The number of benzene rings is 2. The van der Waals surface area contributed by atoms with E-state index in [1.54, 1.807) is 30.3 Å². The third-order valence-electron chi connectivity index (χ3n) is 3.22. The molecule has 0 aromatic heterocycles. The molecule has 0 atom stereocenters. The lowest BCUT2D eigenvalue weighted by atomic mass is 10.1. The van der Waals surface area contributed by atoms with Crippen LogP contribution >= 0.6 is 0 Å². The number of nitrogens with zero attached hydrogens (tertiary/aromatic N) is 1. The van der Waals surface area contributed by atoms with E-state index in [-0.39, 0.29) is 11.5 Å². The number of hydrogen-bond donors (Lipinski definition) is 0. The Bertz CT molecular complexity index is 694. The normalized spacial score (nSPS) is 11.0. The number of ketones is 1. The number of hydrogen-bond acceptors (Lipinski definition) is 3.